The Bertz CT molecular complexity index is 376. The maximum atomic E-state index is 8.92. The summed E-state index contributed by atoms with van der Waals surface area (Å²) in [5.74, 6) is 1.10. The van der Waals surface area contributed by atoms with Crippen LogP contribution in [0.5, 0.6) is 0 Å². The van der Waals surface area contributed by atoms with Crippen molar-refractivity contribution in [3.05, 3.63) is 5.56 Å². The normalized spacial score (nSPS) is 10.6. The summed E-state index contributed by atoms with van der Waals surface area (Å²) in [5.41, 5.74) is 6.35. The molecule has 0 amide bonds. The molecule has 0 saturated heterocycles. The second-order valence-electron chi connectivity index (χ2n) is 3.79. The van der Waals surface area contributed by atoms with Crippen LogP contribution in [0.15, 0.2) is 5.03 Å². The zero-order valence-corrected chi connectivity index (χ0v) is 10.1. The summed E-state index contributed by atoms with van der Waals surface area (Å²) in [5, 5.41) is 13.9. The Morgan fingerprint density at radius 3 is 2.67 bits per heavy atom. The molecule has 0 atom stereocenters. The van der Waals surface area contributed by atoms with E-state index in [4.69, 9.17) is 11.0 Å². The molecule has 1 aromatic rings. The fraction of sp³-hybridized carbons (Fsp3) is 0.600. The lowest BCUT2D eigenvalue weighted by Crippen LogP contribution is -2.07. The van der Waals surface area contributed by atoms with Crippen molar-refractivity contribution in [3.8, 4) is 6.07 Å². The average molecular weight is 224 g/mol. The van der Waals surface area contributed by atoms with E-state index in [1.54, 1.807) is 4.68 Å². The highest BCUT2D eigenvalue weighted by Crippen LogP contribution is 2.24. The smallest absolute Gasteiger partial charge is 0.140 e. The number of nitrogen functional groups attached to an aromatic ring is 1. The van der Waals surface area contributed by atoms with Gasteiger partial charge in [0.25, 0.3) is 0 Å². The predicted molar refractivity (Wildman–Crippen MR) is 62.6 cm³/mol. The van der Waals surface area contributed by atoms with Gasteiger partial charge in [0.2, 0.25) is 0 Å². The molecule has 0 spiro atoms. The van der Waals surface area contributed by atoms with Crippen LogP contribution < -0.4 is 5.73 Å². The average Bonchev–Trinajstić information content (AvgIpc) is 2.51. The van der Waals surface area contributed by atoms with Gasteiger partial charge >= 0.3 is 0 Å². The second kappa shape index (κ2) is 5.08. The molecular formula is C10H16N4S. The van der Waals surface area contributed by atoms with Crippen LogP contribution in [0.3, 0.4) is 0 Å². The van der Waals surface area contributed by atoms with Gasteiger partial charge in [0.1, 0.15) is 22.5 Å². The van der Waals surface area contributed by atoms with Crippen LogP contribution >= 0.6 is 11.8 Å². The third-order valence-corrected chi connectivity index (χ3v) is 2.86. The zero-order chi connectivity index (χ0) is 11.4. The molecule has 0 unspecified atom stereocenters. The molecule has 4 nitrogen and oxygen atoms in total. The number of aromatic nitrogens is 2. The van der Waals surface area contributed by atoms with E-state index < -0.39 is 0 Å². The van der Waals surface area contributed by atoms with Gasteiger partial charge in [-0.05, 0) is 18.6 Å². The number of aryl methyl sites for hydroxylation is 1. The summed E-state index contributed by atoms with van der Waals surface area (Å²) in [6, 6.07) is 2.09. The summed E-state index contributed by atoms with van der Waals surface area (Å²) in [4.78, 5) is 0. The first kappa shape index (κ1) is 11.9. The van der Waals surface area contributed by atoms with Gasteiger partial charge in [-0.15, -0.1) is 11.8 Å². The number of rotatable bonds is 4. The molecule has 0 radical (unpaired) electrons. The number of hydrogen-bond donors (Lipinski definition) is 1. The molecule has 0 saturated carbocycles. The number of nitriles is 1. The highest BCUT2D eigenvalue weighted by atomic mass is 32.2. The summed E-state index contributed by atoms with van der Waals surface area (Å²) < 4.78 is 1.73. The molecule has 1 aromatic heterocycles. The van der Waals surface area contributed by atoms with Crippen molar-refractivity contribution >= 4 is 17.6 Å². The SMILES string of the molecule is CSc1nn(CCC(C)C)c(N)c1C#N. The van der Waals surface area contributed by atoms with Gasteiger partial charge in [-0.25, -0.2) is 4.68 Å². The molecule has 1 heterocycles. The first-order valence-corrected chi connectivity index (χ1v) is 6.13. The van der Waals surface area contributed by atoms with Gasteiger partial charge in [0.15, 0.2) is 0 Å². The fourth-order valence-electron chi connectivity index (χ4n) is 1.25. The Morgan fingerprint density at radius 2 is 2.27 bits per heavy atom. The molecule has 82 valence electrons. The van der Waals surface area contributed by atoms with Crippen molar-refractivity contribution in [1.82, 2.24) is 9.78 Å². The number of nitrogens with two attached hydrogens (primary N) is 1. The lowest BCUT2D eigenvalue weighted by molar-refractivity contribution is 0.486. The van der Waals surface area contributed by atoms with Gasteiger partial charge in [-0.3, -0.25) is 0 Å². The fourth-order valence-corrected chi connectivity index (χ4v) is 1.79. The predicted octanol–water partition coefficient (Wildman–Crippen LogP) is 2.10. The van der Waals surface area contributed by atoms with Gasteiger partial charge < -0.3 is 5.73 Å². The highest BCUT2D eigenvalue weighted by Gasteiger charge is 2.14. The monoisotopic (exact) mass is 224 g/mol. The molecule has 0 aliphatic heterocycles. The Morgan fingerprint density at radius 1 is 1.60 bits per heavy atom. The molecule has 1 rings (SSSR count). The standard InChI is InChI=1S/C10H16N4S/c1-7(2)4-5-14-9(12)8(6-11)10(13-14)15-3/h7H,4-5,12H2,1-3H3. The van der Waals surface area contributed by atoms with Gasteiger partial charge in [-0.1, -0.05) is 13.8 Å². The molecule has 0 aliphatic rings. The molecular weight excluding hydrogens is 208 g/mol. The van der Waals surface area contributed by atoms with Crippen LogP contribution in [0.2, 0.25) is 0 Å². The van der Waals surface area contributed by atoms with Crippen LogP contribution in [0, 0.1) is 17.2 Å². The summed E-state index contributed by atoms with van der Waals surface area (Å²) in [7, 11) is 0. The Balaban J connectivity index is 2.91. The van der Waals surface area contributed by atoms with Crippen LogP contribution in [0.1, 0.15) is 25.8 Å². The van der Waals surface area contributed by atoms with Crippen LogP contribution in [-0.2, 0) is 6.54 Å². The van der Waals surface area contributed by atoms with Crippen LogP contribution in [0.4, 0.5) is 5.82 Å². The van der Waals surface area contributed by atoms with Crippen molar-refractivity contribution < 1.29 is 0 Å². The zero-order valence-electron chi connectivity index (χ0n) is 9.32. The summed E-state index contributed by atoms with van der Waals surface area (Å²) >= 11 is 1.45. The van der Waals surface area contributed by atoms with Crippen molar-refractivity contribution in [1.29, 1.82) is 5.26 Å². The number of nitrogens with zero attached hydrogens (tertiary/aromatic N) is 3. The minimum atomic E-state index is 0.488. The van der Waals surface area contributed by atoms with E-state index >= 15 is 0 Å². The van der Waals surface area contributed by atoms with E-state index in [1.807, 2.05) is 6.26 Å². The van der Waals surface area contributed by atoms with E-state index in [-0.39, 0.29) is 0 Å². The van der Waals surface area contributed by atoms with Gasteiger partial charge in [0.05, 0.1) is 0 Å². The lowest BCUT2D eigenvalue weighted by atomic mass is 10.1. The third-order valence-electron chi connectivity index (χ3n) is 2.18. The molecule has 0 aromatic carbocycles. The summed E-state index contributed by atoms with van der Waals surface area (Å²) in [6.45, 7) is 5.08. The highest BCUT2D eigenvalue weighted by molar-refractivity contribution is 7.98. The van der Waals surface area contributed by atoms with Gasteiger partial charge in [0, 0.05) is 6.54 Å². The Labute approximate surface area is 94.4 Å². The number of hydrogen-bond acceptors (Lipinski definition) is 4. The van der Waals surface area contributed by atoms with E-state index in [0.717, 1.165) is 18.0 Å². The molecule has 0 fully saturated rings. The third kappa shape index (κ3) is 2.66. The van der Waals surface area contributed by atoms with Gasteiger partial charge in [-0.2, -0.15) is 10.4 Å². The molecule has 5 heteroatoms. The van der Waals surface area contributed by atoms with E-state index in [1.165, 1.54) is 11.8 Å². The van der Waals surface area contributed by atoms with E-state index in [9.17, 15) is 0 Å². The molecule has 15 heavy (non-hydrogen) atoms. The van der Waals surface area contributed by atoms with Crippen molar-refractivity contribution in [2.45, 2.75) is 31.8 Å². The van der Waals surface area contributed by atoms with Crippen LogP contribution in [-0.4, -0.2) is 16.0 Å². The minimum Gasteiger partial charge on any atom is -0.383 e. The first-order chi connectivity index (χ1) is 7.10. The lowest BCUT2D eigenvalue weighted by Gasteiger charge is -2.05. The van der Waals surface area contributed by atoms with Crippen molar-refractivity contribution in [2.24, 2.45) is 5.92 Å². The number of anilines is 1. The largest absolute Gasteiger partial charge is 0.383 e. The minimum absolute atomic E-state index is 0.488. The topological polar surface area (TPSA) is 67.6 Å². The molecule has 0 aliphatic carbocycles. The molecule has 0 bridgehead atoms. The second-order valence-corrected chi connectivity index (χ2v) is 4.58. The van der Waals surface area contributed by atoms with Crippen molar-refractivity contribution in [2.75, 3.05) is 12.0 Å². The Kier molecular flexibility index (Phi) is 4.04. The van der Waals surface area contributed by atoms with Crippen molar-refractivity contribution in [3.63, 3.8) is 0 Å². The molecule has 2 N–H and O–H groups in total. The maximum absolute atomic E-state index is 8.92. The first-order valence-electron chi connectivity index (χ1n) is 4.90. The number of thioether (sulfide) groups is 1. The van der Waals surface area contributed by atoms with E-state index in [0.29, 0.717) is 17.3 Å². The van der Waals surface area contributed by atoms with Crippen LogP contribution in [0.25, 0.3) is 0 Å². The van der Waals surface area contributed by atoms with E-state index in [2.05, 4.69) is 25.0 Å². The summed E-state index contributed by atoms with van der Waals surface area (Å²) in [6.07, 6.45) is 2.92. The quantitative estimate of drug-likeness (QED) is 0.795. The maximum Gasteiger partial charge on any atom is 0.140 e. The Hall–Kier alpha value is -1.15.